The maximum absolute atomic E-state index is 5.81. The van der Waals surface area contributed by atoms with Crippen molar-refractivity contribution in [3.63, 3.8) is 0 Å². The molecule has 3 nitrogen and oxygen atoms in total. The lowest BCUT2D eigenvalue weighted by molar-refractivity contribution is 0.549. The van der Waals surface area contributed by atoms with Gasteiger partial charge in [-0.25, -0.2) is 4.98 Å². The summed E-state index contributed by atoms with van der Waals surface area (Å²) in [5.41, 5.74) is 1.94. The maximum Gasteiger partial charge on any atom is 0.142 e. The van der Waals surface area contributed by atoms with Gasteiger partial charge in [0.05, 0.1) is 16.4 Å². The van der Waals surface area contributed by atoms with Crippen LogP contribution in [0.3, 0.4) is 0 Å². The number of halogens is 1. The molecular formula is C13H16ClN3S. The van der Waals surface area contributed by atoms with Crippen LogP contribution in [0, 0.1) is 5.92 Å². The average Bonchev–Trinajstić information content (AvgIpc) is 2.78. The Labute approximate surface area is 116 Å². The summed E-state index contributed by atoms with van der Waals surface area (Å²) in [6.07, 6.45) is 1.65. The highest BCUT2D eigenvalue weighted by Crippen LogP contribution is 2.22. The molecule has 5 heteroatoms. The van der Waals surface area contributed by atoms with Crippen molar-refractivity contribution in [2.45, 2.75) is 20.4 Å². The summed E-state index contributed by atoms with van der Waals surface area (Å²) >= 11 is 7.42. The van der Waals surface area contributed by atoms with Gasteiger partial charge in [-0.2, -0.15) is 0 Å². The van der Waals surface area contributed by atoms with E-state index >= 15 is 0 Å². The summed E-state index contributed by atoms with van der Waals surface area (Å²) in [6.45, 7) is 6.20. The van der Waals surface area contributed by atoms with Gasteiger partial charge in [-0.1, -0.05) is 25.4 Å². The fourth-order valence-corrected chi connectivity index (χ4v) is 2.40. The van der Waals surface area contributed by atoms with Crippen molar-refractivity contribution >= 4 is 22.9 Å². The molecule has 2 aromatic rings. The van der Waals surface area contributed by atoms with E-state index in [0.717, 1.165) is 29.5 Å². The highest BCUT2D eigenvalue weighted by atomic mass is 35.5. The molecule has 0 aromatic carbocycles. The number of nitrogens with zero attached hydrogens (tertiary/aromatic N) is 2. The highest BCUT2D eigenvalue weighted by Gasteiger charge is 2.05. The first kappa shape index (κ1) is 13.5. The molecular weight excluding hydrogens is 266 g/mol. The van der Waals surface area contributed by atoms with Crippen molar-refractivity contribution < 1.29 is 0 Å². The normalized spacial score (nSPS) is 11.1. The van der Waals surface area contributed by atoms with Gasteiger partial charge in [-0.05, 0) is 24.6 Å². The first-order valence-electron chi connectivity index (χ1n) is 5.92. The molecule has 18 heavy (non-hydrogen) atoms. The van der Waals surface area contributed by atoms with E-state index in [2.05, 4.69) is 34.5 Å². The van der Waals surface area contributed by atoms with Gasteiger partial charge >= 0.3 is 0 Å². The second kappa shape index (κ2) is 6.27. The Morgan fingerprint density at radius 2 is 2.22 bits per heavy atom. The predicted molar refractivity (Wildman–Crippen MR) is 76.9 cm³/mol. The van der Waals surface area contributed by atoms with Crippen LogP contribution in [0.5, 0.6) is 0 Å². The lowest BCUT2D eigenvalue weighted by Gasteiger charge is -2.04. The zero-order valence-electron chi connectivity index (χ0n) is 10.5. The number of hydrogen-bond donors (Lipinski definition) is 1. The highest BCUT2D eigenvalue weighted by molar-refractivity contribution is 7.13. The SMILES string of the molecule is CC(C)CNCc1csc(-c2ccc(Cl)cn2)n1. The standard InChI is InChI=1S/C13H16ClN3S/c1-9(2)5-15-7-11-8-18-13(17-11)12-4-3-10(14)6-16-12/h3-4,6,8-9,15H,5,7H2,1-2H3. The van der Waals surface area contributed by atoms with E-state index in [0.29, 0.717) is 10.9 Å². The van der Waals surface area contributed by atoms with Crippen molar-refractivity contribution in [1.82, 2.24) is 15.3 Å². The smallest absolute Gasteiger partial charge is 0.142 e. The Balaban J connectivity index is 1.99. The summed E-state index contributed by atoms with van der Waals surface area (Å²) in [6, 6.07) is 3.73. The Morgan fingerprint density at radius 3 is 2.89 bits per heavy atom. The molecule has 2 rings (SSSR count). The molecule has 0 saturated heterocycles. The van der Waals surface area contributed by atoms with Crippen molar-refractivity contribution in [2.24, 2.45) is 5.92 Å². The number of thiazole rings is 1. The largest absolute Gasteiger partial charge is 0.311 e. The van der Waals surface area contributed by atoms with E-state index in [9.17, 15) is 0 Å². The molecule has 2 heterocycles. The van der Waals surface area contributed by atoms with Gasteiger partial charge in [-0.15, -0.1) is 11.3 Å². The molecule has 1 N–H and O–H groups in total. The van der Waals surface area contributed by atoms with E-state index < -0.39 is 0 Å². The average molecular weight is 282 g/mol. The minimum atomic E-state index is 0.647. The third-order valence-corrected chi connectivity index (χ3v) is 3.49. The fraction of sp³-hybridized carbons (Fsp3) is 0.385. The molecule has 0 spiro atoms. The third-order valence-electron chi connectivity index (χ3n) is 2.36. The summed E-state index contributed by atoms with van der Waals surface area (Å²) < 4.78 is 0. The van der Waals surface area contributed by atoms with Crippen LogP contribution >= 0.6 is 22.9 Å². The first-order valence-corrected chi connectivity index (χ1v) is 7.18. The zero-order valence-corrected chi connectivity index (χ0v) is 12.1. The van der Waals surface area contributed by atoms with E-state index in [1.165, 1.54) is 0 Å². The van der Waals surface area contributed by atoms with Crippen LogP contribution in [0.1, 0.15) is 19.5 Å². The molecule has 0 atom stereocenters. The van der Waals surface area contributed by atoms with Gasteiger partial charge in [0.2, 0.25) is 0 Å². The summed E-state index contributed by atoms with van der Waals surface area (Å²) in [4.78, 5) is 8.82. The van der Waals surface area contributed by atoms with Crippen molar-refractivity contribution in [3.05, 3.63) is 34.4 Å². The minimum absolute atomic E-state index is 0.647. The molecule has 0 unspecified atom stereocenters. The molecule has 0 aliphatic carbocycles. The Morgan fingerprint density at radius 1 is 1.39 bits per heavy atom. The third kappa shape index (κ3) is 3.77. The quantitative estimate of drug-likeness (QED) is 0.910. The number of pyridine rings is 1. The van der Waals surface area contributed by atoms with Gasteiger partial charge in [0.1, 0.15) is 5.01 Å². The molecule has 0 saturated carbocycles. The number of rotatable bonds is 5. The first-order chi connectivity index (χ1) is 8.65. The Bertz CT molecular complexity index is 493. The molecule has 96 valence electrons. The molecule has 0 amide bonds. The van der Waals surface area contributed by atoms with Crippen LogP contribution in [0.15, 0.2) is 23.7 Å². The molecule has 0 aliphatic heterocycles. The van der Waals surface area contributed by atoms with E-state index in [4.69, 9.17) is 11.6 Å². The van der Waals surface area contributed by atoms with E-state index in [1.54, 1.807) is 17.5 Å². The number of aromatic nitrogens is 2. The van der Waals surface area contributed by atoms with Gasteiger partial charge in [0.15, 0.2) is 0 Å². The summed E-state index contributed by atoms with van der Waals surface area (Å²) in [5, 5.41) is 7.03. The number of hydrogen-bond acceptors (Lipinski definition) is 4. The molecule has 0 radical (unpaired) electrons. The Hall–Kier alpha value is -0.970. The molecule has 0 fully saturated rings. The van der Waals surface area contributed by atoms with Gasteiger partial charge in [-0.3, -0.25) is 4.98 Å². The van der Waals surface area contributed by atoms with Crippen LogP contribution in [0.25, 0.3) is 10.7 Å². The summed E-state index contributed by atoms with van der Waals surface area (Å²) in [5.74, 6) is 0.654. The molecule has 0 aliphatic rings. The second-order valence-corrected chi connectivity index (χ2v) is 5.82. The van der Waals surface area contributed by atoms with E-state index in [-0.39, 0.29) is 0 Å². The van der Waals surface area contributed by atoms with Gasteiger partial charge in [0.25, 0.3) is 0 Å². The number of nitrogens with one attached hydrogen (secondary N) is 1. The van der Waals surface area contributed by atoms with Crippen molar-refractivity contribution in [2.75, 3.05) is 6.54 Å². The van der Waals surface area contributed by atoms with Crippen LogP contribution in [-0.4, -0.2) is 16.5 Å². The maximum atomic E-state index is 5.81. The van der Waals surface area contributed by atoms with Crippen molar-refractivity contribution in [1.29, 1.82) is 0 Å². The van der Waals surface area contributed by atoms with Crippen molar-refractivity contribution in [3.8, 4) is 10.7 Å². The Kier molecular flexibility index (Phi) is 4.69. The zero-order chi connectivity index (χ0) is 13.0. The molecule has 0 bridgehead atoms. The lowest BCUT2D eigenvalue weighted by atomic mass is 10.2. The molecule has 2 aromatic heterocycles. The predicted octanol–water partition coefficient (Wildman–Crippen LogP) is 3.60. The van der Waals surface area contributed by atoms with Crippen LogP contribution in [0.2, 0.25) is 5.02 Å². The van der Waals surface area contributed by atoms with Crippen LogP contribution < -0.4 is 5.32 Å². The van der Waals surface area contributed by atoms with Crippen LogP contribution in [0.4, 0.5) is 0 Å². The fourth-order valence-electron chi connectivity index (χ4n) is 1.50. The second-order valence-electron chi connectivity index (χ2n) is 4.53. The lowest BCUT2D eigenvalue weighted by Crippen LogP contribution is -2.19. The van der Waals surface area contributed by atoms with E-state index in [1.807, 2.05) is 12.1 Å². The topological polar surface area (TPSA) is 37.8 Å². The minimum Gasteiger partial charge on any atom is -0.311 e. The van der Waals surface area contributed by atoms with Gasteiger partial charge < -0.3 is 5.32 Å². The monoisotopic (exact) mass is 281 g/mol. The van der Waals surface area contributed by atoms with Crippen LogP contribution in [-0.2, 0) is 6.54 Å². The van der Waals surface area contributed by atoms with Gasteiger partial charge in [0, 0.05) is 18.1 Å². The summed E-state index contributed by atoms with van der Waals surface area (Å²) in [7, 11) is 0.